The third-order valence-corrected chi connectivity index (χ3v) is 3.26. The van der Waals surface area contributed by atoms with Gasteiger partial charge in [0.2, 0.25) is 0 Å². The van der Waals surface area contributed by atoms with E-state index in [-0.39, 0.29) is 12.6 Å². The van der Waals surface area contributed by atoms with Crippen molar-refractivity contribution in [1.29, 1.82) is 0 Å². The van der Waals surface area contributed by atoms with E-state index < -0.39 is 18.1 Å². The third kappa shape index (κ3) is 3.60. The Morgan fingerprint density at radius 1 is 1.50 bits per heavy atom. The molecule has 1 heterocycles. The molecule has 0 spiro atoms. The Balaban J connectivity index is 2.72. The molecule has 0 aliphatic carbocycles. The van der Waals surface area contributed by atoms with Crippen molar-refractivity contribution in [3.8, 4) is 0 Å². The number of carbonyl (C=O) groups is 2. The number of urea groups is 1. The van der Waals surface area contributed by atoms with Gasteiger partial charge in [0.05, 0.1) is 6.10 Å². The Labute approximate surface area is 107 Å². The number of hydrogen-bond donors (Lipinski definition) is 2. The van der Waals surface area contributed by atoms with Gasteiger partial charge in [-0.3, -0.25) is 0 Å². The first-order valence-electron chi connectivity index (χ1n) is 6.25. The predicted molar refractivity (Wildman–Crippen MR) is 66.2 cm³/mol. The Morgan fingerprint density at radius 2 is 2.11 bits per heavy atom. The van der Waals surface area contributed by atoms with Crippen LogP contribution in [0.5, 0.6) is 0 Å². The number of aliphatic hydroxyl groups excluding tert-OH is 1. The van der Waals surface area contributed by atoms with Crippen molar-refractivity contribution in [3.05, 3.63) is 0 Å². The number of carbonyl (C=O) groups excluding carboxylic acids is 1. The zero-order chi connectivity index (χ0) is 13.9. The van der Waals surface area contributed by atoms with Gasteiger partial charge in [-0.25, -0.2) is 9.59 Å². The number of amides is 2. The van der Waals surface area contributed by atoms with Gasteiger partial charge in [0.25, 0.3) is 0 Å². The molecule has 1 aliphatic rings. The first-order valence-corrected chi connectivity index (χ1v) is 6.25. The average molecular weight is 258 g/mol. The third-order valence-electron chi connectivity index (χ3n) is 3.26. The summed E-state index contributed by atoms with van der Waals surface area (Å²) in [6, 6.07) is -1.08. The molecule has 0 saturated carbocycles. The second-order valence-corrected chi connectivity index (χ2v) is 5.19. The summed E-state index contributed by atoms with van der Waals surface area (Å²) in [6.45, 7) is 4.26. The van der Waals surface area contributed by atoms with Crippen LogP contribution in [0.25, 0.3) is 0 Å². The molecule has 1 rings (SSSR count). The van der Waals surface area contributed by atoms with Crippen LogP contribution in [0, 0.1) is 5.92 Å². The molecule has 1 saturated heterocycles. The van der Waals surface area contributed by atoms with E-state index in [0.717, 1.165) is 6.42 Å². The highest BCUT2D eigenvalue weighted by Gasteiger charge is 2.36. The van der Waals surface area contributed by atoms with Crippen LogP contribution in [-0.2, 0) is 4.79 Å². The van der Waals surface area contributed by atoms with Crippen molar-refractivity contribution in [2.45, 2.75) is 38.8 Å². The Morgan fingerprint density at radius 3 is 2.61 bits per heavy atom. The van der Waals surface area contributed by atoms with Gasteiger partial charge < -0.3 is 20.0 Å². The maximum absolute atomic E-state index is 12.1. The van der Waals surface area contributed by atoms with Gasteiger partial charge in [-0.1, -0.05) is 6.92 Å². The molecule has 0 aromatic carbocycles. The molecule has 3 unspecified atom stereocenters. The summed E-state index contributed by atoms with van der Waals surface area (Å²) in [4.78, 5) is 26.1. The number of carboxylic acids is 1. The number of likely N-dealkylation sites (tertiary alicyclic amines) is 1. The molecule has 104 valence electrons. The number of aliphatic hydroxyl groups is 1. The molecule has 0 aromatic rings. The highest BCUT2D eigenvalue weighted by atomic mass is 16.4. The van der Waals surface area contributed by atoms with E-state index in [2.05, 4.69) is 0 Å². The van der Waals surface area contributed by atoms with Crippen molar-refractivity contribution >= 4 is 12.0 Å². The number of piperidine rings is 1. The summed E-state index contributed by atoms with van der Waals surface area (Å²) in [7, 11) is 1.58. The minimum atomic E-state index is -0.958. The maximum atomic E-state index is 12.1. The number of nitrogens with zero attached hydrogens (tertiary/aromatic N) is 2. The summed E-state index contributed by atoms with van der Waals surface area (Å²) < 4.78 is 0. The van der Waals surface area contributed by atoms with Gasteiger partial charge in [-0.2, -0.15) is 0 Å². The fourth-order valence-electron chi connectivity index (χ4n) is 2.30. The summed E-state index contributed by atoms with van der Waals surface area (Å²) in [5.41, 5.74) is 0. The van der Waals surface area contributed by atoms with Crippen molar-refractivity contribution in [1.82, 2.24) is 9.80 Å². The Bertz CT molecular complexity index is 319. The van der Waals surface area contributed by atoms with Crippen LogP contribution in [0.4, 0.5) is 4.79 Å². The fraction of sp³-hybridized carbons (Fsp3) is 0.833. The first-order chi connectivity index (χ1) is 8.32. The standard InChI is InChI=1S/C12H22N2O4/c1-8-4-5-14(10(6-8)11(16)17)12(18)13(3)7-9(2)15/h8-10,15H,4-7H2,1-3H3,(H,16,17). The second kappa shape index (κ2) is 6.04. The van der Waals surface area contributed by atoms with Crippen molar-refractivity contribution in [2.75, 3.05) is 20.1 Å². The number of rotatable bonds is 3. The fourth-order valence-corrected chi connectivity index (χ4v) is 2.30. The Kier molecular flexibility index (Phi) is 4.95. The van der Waals surface area contributed by atoms with E-state index in [1.165, 1.54) is 9.80 Å². The zero-order valence-corrected chi connectivity index (χ0v) is 11.2. The van der Waals surface area contributed by atoms with Crippen LogP contribution in [0.1, 0.15) is 26.7 Å². The summed E-state index contributed by atoms with van der Waals surface area (Å²) in [6.07, 6.45) is 0.688. The van der Waals surface area contributed by atoms with Gasteiger partial charge >= 0.3 is 12.0 Å². The molecule has 0 radical (unpaired) electrons. The summed E-state index contributed by atoms with van der Waals surface area (Å²) >= 11 is 0. The number of aliphatic carboxylic acids is 1. The lowest BCUT2D eigenvalue weighted by molar-refractivity contribution is -0.144. The van der Waals surface area contributed by atoms with Gasteiger partial charge in [0.1, 0.15) is 6.04 Å². The van der Waals surface area contributed by atoms with E-state index >= 15 is 0 Å². The Hall–Kier alpha value is -1.30. The van der Waals surface area contributed by atoms with Gasteiger partial charge in [-0.05, 0) is 25.7 Å². The summed E-state index contributed by atoms with van der Waals surface area (Å²) in [5.74, 6) is -0.641. The number of likely N-dealkylation sites (N-methyl/N-ethyl adjacent to an activating group) is 1. The van der Waals surface area contributed by atoms with Crippen LogP contribution >= 0.6 is 0 Å². The highest BCUT2D eigenvalue weighted by Crippen LogP contribution is 2.23. The second-order valence-electron chi connectivity index (χ2n) is 5.19. The maximum Gasteiger partial charge on any atom is 0.326 e. The molecule has 0 bridgehead atoms. The minimum absolute atomic E-state index is 0.206. The van der Waals surface area contributed by atoms with Crippen LogP contribution in [0.15, 0.2) is 0 Å². The SMILES string of the molecule is CC(O)CN(C)C(=O)N1CCC(C)CC1C(=O)O. The quantitative estimate of drug-likeness (QED) is 0.777. The molecule has 3 atom stereocenters. The van der Waals surface area contributed by atoms with Gasteiger partial charge in [-0.15, -0.1) is 0 Å². The molecule has 1 fully saturated rings. The molecule has 6 heteroatoms. The molecule has 2 N–H and O–H groups in total. The van der Waals surface area contributed by atoms with Gasteiger partial charge in [0, 0.05) is 20.1 Å². The van der Waals surface area contributed by atoms with Crippen LogP contribution in [0.3, 0.4) is 0 Å². The lowest BCUT2D eigenvalue weighted by Crippen LogP contribution is -2.54. The lowest BCUT2D eigenvalue weighted by atomic mass is 9.93. The molecular formula is C12H22N2O4. The van der Waals surface area contributed by atoms with Crippen LogP contribution in [-0.4, -0.2) is 64.3 Å². The zero-order valence-electron chi connectivity index (χ0n) is 11.2. The molecule has 1 aliphatic heterocycles. The molecule has 6 nitrogen and oxygen atoms in total. The van der Waals surface area contributed by atoms with E-state index in [1.807, 2.05) is 6.92 Å². The lowest BCUT2D eigenvalue weighted by Gasteiger charge is -2.38. The van der Waals surface area contributed by atoms with E-state index in [1.54, 1.807) is 14.0 Å². The van der Waals surface area contributed by atoms with E-state index in [4.69, 9.17) is 0 Å². The van der Waals surface area contributed by atoms with Crippen molar-refractivity contribution in [2.24, 2.45) is 5.92 Å². The smallest absolute Gasteiger partial charge is 0.326 e. The van der Waals surface area contributed by atoms with E-state index in [9.17, 15) is 19.8 Å². The predicted octanol–water partition coefficient (Wildman–Crippen LogP) is 0.604. The highest BCUT2D eigenvalue weighted by molar-refractivity contribution is 5.82. The minimum Gasteiger partial charge on any atom is -0.480 e. The number of hydrogen-bond acceptors (Lipinski definition) is 3. The largest absolute Gasteiger partial charge is 0.480 e. The number of carboxylic acid groups (broad SMARTS) is 1. The average Bonchev–Trinajstić information content (AvgIpc) is 2.26. The summed E-state index contributed by atoms with van der Waals surface area (Å²) in [5, 5.41) is 18.4. The van der Waals surface area contributed by atoms with Crippen LogP contribution < -0.4 is 0 Å². The van der Waals surface area contributed by atoms with E-state index in [0.29, 0.717) is 18.9 Å². The first kappa shape index (κ1) is 14.8. The molecule has 18 heavy (non-hydrogen) atoms. The van der Waals surface area contributed by atoms with Crippen LogP contribution in [0.2, 0.25) is 0 Å². The van der Waals surface area contributed by atoms with Crippen molar-refractivity contribution < 1.29 is 19.8 Å². The topological polar surface area (TPSA) is 81.1 Å². The van der Waals surface area contributed by atoms with Gasteiger partial charge in [0.15, 0.2) is 0 Å². The molecular weight excluding hydrogens is 236 g/mol. The molecule has 0 aromatic heterocycles. The van der Waals surface area contributed by atoms with Crippen molar-refractivity contribution in [3.63, 3.8) is 0 Å². The monoisotopic (exact) mass is 258 g/mol. The normalized spacial score (nSPS) is 25.7. The molecule has 2 amide bonds.